The fourth-order valence-corrected chi connectivity index (χ4v) is 2.13. The average molecular weight is 270 g/mol. The second-order valence-corrected chi connectivity index (χ2v) is 4.99. The van der Waals surface area contributed by atoms with Crippen molar-refractivity contribution in [2.75, 3.05) is 18.0 Å². The van der Waals surface area contributed by atoms with E-state index in [1.165, 1.54) is 5.56 Å². The zero-order valence-corrected chi connectivity index (χ0v) is 10.5. The van der Waals surface area contributed by atoms with Crippen LogP contribution in [0.15, 0.2) is 16.7 Å². The van der Waals surface area contributed by atoms with Gasteiger partial charge in [-0.2, -0.15) is 0 Å². The minimum Gasteiger partial charge on any atom is -0.355 e. The van der Waals surface area contributed by atoms with Crippen molar-refractivity contribution in [2.24, 2.45) is 5.73 Å². The molecule has 0 bridgehead atoms. The molecule has 1 aliphatic heterocycles. The number of nitrogens with two attached hydrogens (primary N) is 1. The Morgan fingerprint density at radius 2 is 2.40 bits per heavy atom. The third kappa shape index (κ3) is 2.49. The van der Waals surface area contributed by atoms with Crippen LogP contribution in [0.3, 0.4) is 0 Å². The molecule has 1 unspecified atom stereocenters. The molecule has 1 atom stereocenters. The predicted octanol–water partition coefficient (Wildman–Crippen LogP) is 2.08. The van der Waals surface area contributed by atoms with Crippen LogP contribution >= 0.6 is 15.9 Å². The van der Waals surface area contributed by atoms with E-state index in [1.807, 2.05) is 6.20 Å². The molecule has 0 aromatic carbocycles. The molecule has 1 aromatic heterocycles. The lowest BCUT2D eigenvalue weighted by molar-refractivity contribution is 0.503. The molecule has 1 aliphatic rings. The van der Waals surface area contributed by atoms with Gasteiger partial charge in [-0.15, -0.1) is 0 Å². The van der Waals surface area contributed by atoms with E-state index in [9.17, 15) is 0 Å². The highest BCUT2D eigenvalue weighted by Crippen LogP contribution is 2.22. The van der Waals surface area contributed by atoms with Crippen LogP contribution in [0.5, 0.6) is 0 Å². The molecule has 82 valence electrons. The van der Waals surface area contributed by atoms with E-state index in [2.05, 4.69) is 38.8 Å². The normalized spacial score (nSPS) is 21.8. The van der Waals surface area contributed by atoms with E-state index in [0.717, 1.165) is 36.2 Å². The quantitative estimate of drug-likeness (QED) is 0.849. The summed E-state index contributed by atoms with van der Waals surface area (Å²) >= 11 is 3.46. The zero-order valence-electron chi connectivity index (χ0n) is 8.91. The van der Waals surface area contributed by atoms with Crippen LogP contribution in [0, 0.1) is 6.92 Å². The molecular weight excluding hydrogens is 254 g/mol. The van der Waals surface area contributed by atoms with Gasteiger partial charge < -0.3 is 10.6 Å². The van der Waals surface area contributed by atoms with Gasteiger partial charge in [0.25, 0.3) is 0 Å². The molecule has 1 fully saturated rings. The van der Waals surface area contributed by atoms with Crippen LogP contribution < -0.4 is 10.6 Å². The highest BCUT2D eigenvalue weighted by Gasteiger charge is 2.17. The van der Waals surface area contributed by atoms with E-state index in [0.29, 0.717) is 6.04 Å². The lowest BCUT2D eigenvalue weighted by atomic mass is 10.1. The highest BCUT2D eigenvalue weighted by atomic mass is 79.9. The summed E-state index contributed by atoms with van der Waals surface area (Å²) in [6.07, 6.45) is 4.16. The second-order valence-electron chi connectivity index (χ2n) is 4.14. The number of nitrogens with zero attached hydrogens (tertiary/aromatic N) is 2. The Balaban J connectivity index is 2.18. The fourth-order valence-electron chi connectivity index (χ4n) is 1.92. The molecule has 4 heteroatoms. The van der Waals surface area contributed by atoms with Gasteiger partial charge in [0, 0.05) is 29.8 Å². The highest BCUT2D eigenvalue weighted by molar-refractivity contribution is 9.10. The Kier molecular flexibility index (Phi) is 3.26. The van der Waals surface area contributed by atoms with Crippen molar-refractivity contribution >= 4 is 21.7 Å². The molecular formula is C11H16BrN3. The molecule has 1 saturated heterocycles. The number of halogens is 1. The van der Waals surface area contributed by atoms with E-state index in [1.54, 1.807) is 0 Å². The number of aromatic nitrogens is 1. The molecule has 0 spiro atoms. The number of hydrogen-bond donors (Lipinski definition) is 1. The summed E-state index contributed by atoms with van der Waals surface area (Å²) in [6.45, 7) is 4.08. The Labute approximate surface area is 98.8 Å². The van der Waals surface area contributed by atoms with Gasteiger partial charge in [-0.05, 0) is 47.3 Å². The van der Waals surface area contributed by atoms with Crippen LogP contribution in [0.2, 0.25) is 0 Å². The number of aryl methyl sites for hydroxylation is 1. The van der Waals surface area contributed by atoms with Crippen LogP contribution in [0.4, 0.5) is 5.82 Å². The molecule has 2 heterocycles. The van der Waals surface area contributed by atoms with Gasteiger partial charge in [-0.1, -0.05) is 0 Å². The molecule has 0 radical (unpaired) electrons. The summed E-state index contributed by atoms with van der Waals surface area (Å²) in [5.74, 6) is 1.05. The second kappa shape index (κ2) is 4.49. The Bertz CT molecular complexity index is 354. The molecule has 0 aliphatic carbocycles. The first-order chi connectivity index (χ1) is 7.16. The Morgan fingerprint density at radius 1 is 1.60 bits per heavy atom. The first-order valence-corrected chi connectivity index (χ1v) is 6.09. The lowest BCUT2D eigenvalue weighted by Gasteiger charge is -2.31. The van der Waals surface area contributed by atoms with E-state index < -0.39 is 0 Å². The van der Waals surface area contributed by atoms with Crippen molar-refractivity contribution in [3.05, 3.63) is 22.3 Å². The number of hydrogen-bond acceptors (Lipinski definition) is 3. The first kappa shape index (κ1) is 10.9. The number of anilines is 1. The van der Waals surface area contributed by atoms with E-state index in [4.69, 9.17) is 5.73 Å². The minimum absolute atomic E-state index is 0.296. The summed E-state index contributed by atoms with van der Waals surface area (Å²) in [6, 6.07) is 2.41. The topological polar surface area (TPSA) is 42.1 Å². The summed E-state index contributed by atoms with van der Waals surface area (Å²) in [4.78, 5) is 6.69. The van der Waals surface area contributed by atoms with Crippen molar-refractivity contribution in [3.8, 4) is 0 Å². The van der Waals surface area contributed by atoms with Crippen molar-refractivity contribution in [1.82, 2.24) is 4.98 Å². The number of pyridine rings is 1. The maximum absolute atomic E-state index is 5.95. The molecule has 2 N–H and O–H groups in total. The van der Waals surface area contributed by atoms with Crippen molar-refractivity contribution in [2.45, 2.75) is 25.8 Å². The zero-order chi connectivity index (χ0) is 10.8. The molecule has 3 nitrogen and oxygen atoms in total. The number of rotatable bonds is 1. The van der Waals surface area contributed by atoms with E-state index >= 15 is 0 Å². The summed E-state index contributed by atoms with van der Waals surface area (Å²) in [5, 5.41) is 0. The fraction of sp³-hybridized carbons (Fsp3) is 0.545. The SMILES string of the molecule is Cc1cc(N2CCCC(N)C2)ncc1Br. The monoisotopic (exact) mass is 269 g/mol. The molecule has 2 rings (SSSR count). The standard InChI is InChI=1S/C11H16BrN3/c1-8-5-11(14-6-10(8)12)15-4-2-3-9(13)7-15/h5-6,9H,2-4,7,13H2,1H3. The predicted molar refractivity (Wildman–Crippen MR) is 66.1 cm³/mol. The lowest BCUT2D eigenvalue weighted by Crippen LogP contribution is -2.43. The van der Waals surface area contributed by atoms with Gasteiger partial charge in [-0.3, -0.25) is 0 Å². The third-order valence-corrected chi connectivity index (χ3v) is 3.64. The third-order valence-electron chi connectivity index (χ3n) is 2.81. The maximum Gasteiger partial charge on any atom is 0.128 e. The van der Waals surface area contributed by atoms with Gasteiger partial charge >= 0.3 is 0 Å². The number of piperidine rings is 1. The molecule has 0 amide bonds. The van der Waals surface area contributed by atoms with Crippen LogP contribution in [0.25, 0.3) is 0 Å². The van der Waals surface area contributed by atoms with Gasteiger partial charge in [0.05, 0.1) is 0 Å². The largest absolute Gasteiger partial charge is 0.355 e. The van der Waals surface area contributed by atoms with Gasteiger partial charge in [0.2, 0.25) is 0 Å². The van der Waals surface area contributed by atoms with Crippen molar-refractivity contribution < 1.29 is 0 Å². The molecule has 0 saturated carbocycles. The van der Waals surface area contributed by atoms with Crippen LogP contribution in [-0.4, -0.2) is 24.1 Å². The Hall–Kier alpha value is -0.610. The van der Waals surface area contributed by atoms with E-state index in [-0.39, 0.29) is 0 Å². The summed E-state index contributed by atoms with van der Waals surface area (Å²) < 4.78 is 1.06. The van der Waals surface area contributed by atoms with Gasteiger partial charge in [-0.25, -0.2) is 4.98 Å². The van der Waals surface area contributed by atoms with Crippen LogP contribution in [0.1, 0.15) is 18.4 Å². The molecule has 15 heavy (non-hydrogen) atoms. The van der Waals surface area contributed by atoms with Crippen molar-refractivity contribution in [3.63, 3.8) is 0 Å². The first-order valence-electron chi connectivity index (χ1n) is 5.29. The smallest absolute Gasteiger partial charge is 0.128 e. The van der Waals surface area contributed by atoms with Crippen LogP contribution in [-0.2, 0) is 0 Å². The minimum atomic E-state index is 0.296. The van der Waals surface area contributed by atoms with Gasteiger partial charge in [0.1, 0.15) is 5.82 Å². The molecule has 1 aromatic rings. The van der Waals surface area contributed by atoms with Gasteiger partial charge in [0.15, 0.2) is 0 Å². The Morgan fingerprint density at radius 3 is 3.07 bits per heavy atom. The summed E-state index contributed by atoms with van der Waals surface area (Å²) in [7, 11) is 0. The average Bonchev–Trinajstić information content (AvgIpc) is 2.22. The maximum atomic E-state index is 5.95. The summed E-state index contributed by atoms with van der Waals surface area (Å²) in [5.41, 5.74) is 7.17. The van der Waals surface area contributed by atoms with Crippen molar-refractivity contribution in [1.29, 1.82) is 0 Å².